The summed E-state index contributed by atoms with van der Waals surface area (Å²) in [5.41, 5.74) is 2.06. The minimum atomic E-state index is -0.0354. The number of thioether (sulfide) groups is 1. The van der Waals surface area contributed by atoms with Gasteiger partial charge in [-0.25, -0.2) is 4.68 Å². The number of benzene rings is 1. The maximum absolute atomic E-state index is 11.9. The van der Waals surface area contributed by atoms with Crippen LogP contribution in [0.4, 0.5) is 0 Å². The largest absolute Gasteiger partial charge is 0.349 e. The van der Waals surface area contributed by atoms with Crippen LogP contribution in [0, 0.1) is 0 Å². The van der Waals surface area contributed by atoms with E-state index in [-0.39, 0.29) is 17.2 Å². The van der Waals surface area contributed by atoms with Crippen LogP contribution >= 0.6 is 11.8 Å². The molecule has 1 amide bonds. The molecule has 0 saturated carbocycles. The van der Waals surface area contributed by atoms with Gasteiger partial charge in [0, 0.05) is 12.4 Å². The second kappa shape index (κ2) is 6.61. The number of carbonyl (C=O) groups excluding carboxylic acids is 1. The fourth-order valence-corrected chi connectivity index (χ4v) is 2.16. The van der Waals surface area contributed by atoms with Gasteiger partial charge in [-0.15, -0.1) is 0 Å². The third-order valence-corrected chi connectivity index (χ3v) is 4.14. The van der Waals surface area contributed by atoms with Crippen LogP contribution in [0.2, 0.25) is 0 Å². The molecule has 0 spiro atoms. The average Bonchev–Trinajstić information content (AvgIpc) is 3.00. The lowest BCUT2D eigenvalue weighted by Crippen LogP contribution is -2.32. The molecule has 20 heavy (non-hydrogen) atoms. The third kappa shape index (κ3) is 3.42. The normalized spacial score (nSPS) is 13.8. The zero-order chi connectivity index (χ0) is 14.5. The Balaban J connectivity index is 2.13. The predicted molar refractivity (Wildman–Crippen MR) is 83.1 cm³/mol. The van der Waals surface area contributed by atoms with Gasteiger partial charge in [-0.2, -0.15) is 16.9 Å². The van der Waals surface area contributed by atoms with Crippen molar-refractivity contribution in [3.8, 4) is 5.69 Å². The molecule has 0 saturated heterocycles. The Kier molecular flexibility index (Phi) is 4.84. The smallest absolute Gasteiger partial charge is 0.233 e. The molecule has 0 fully saturated rings. The highest BCUT2D eigenvalue weighted by atomic mass is 32.2. The van der Waals surface area contributed by atoms with E-state index < -0.39 is 0 Å². The molecule has 5 heteroatoms. The summed E-state index contributed by atoms with van der Waals surface area (Å²) in [4.78, 5) is 11.9. The Morgan fingerprint density at radius 2 is 2.15 bits per heavy atom. The Bertz CT molecular complexity index is 568. The van der Waals surface area contributed by atoms with E-state index in [1.54, 1.807) is 18.0 Å². The van der Waals surface area contributed by atoms with E-state index in [4.69, 9.17) is 0 Å². The monoisotopic (exact) mass is 289 g/mol. The molecule has 1 heterocycles. The van der Waals surface area contributed by atoms with Gasteiger partial charge in [0.05, 0.1) is 17.0 Å². The van der Waals surface area contributed by atoms with E-state index in [0.29, 0.717) is 0 Å². The van der Waals surface area contributed by atoms with E-state index in [1.165, 1.54) is 0 Å². The molecule has 4 nitrogen and oxygen atoms in total. The summed E-state index contributed by atoms with van der Waals surface area (Å²) in [7, 11) is 0. The molecule has 106 valence electrons. The number of aromatic nitrogens is 2. The predicted octanol–water partition coefficient (Wildman–Crippen LogP) is 2.80. The summed E-state index contributed by atoms with van der Waals surface area (Å²) in [5.74, 6) is 0.0643. The molecule has 0 bridgehead atoms. The number of carbonyl (C=O) groups is 1. The van der Waals surface area contributed by atoms with Gasteiger partial charge in [-0.1, -0.05) is 12.1 Å². The summed E-state index contributed by atoms with van der Waals surface area (Å²) < 4.78 is 1.81. The number of amides is 1. The number of nitrogens with one attached hydrogen (secondary N) is 1. The first-order valence-corrected chi connectivity index (χ1v) is 7.83. The van der Waals surface area contributed by atoms with E-state index in [0.717, 1.165) is 11.3 Å². The van der Waals surface area contributed by atoms with E-state index in [1.807, 2.05) is 61.3 Å². The van der Waals surface area contributed by atoms with Gasteiger partial charge >= 0.3 is 0 Å². The minimum Gasteiger partial charge on any atom is -0.349 e. The molecule has 2 rings (SSSR count). The van der Waals surface area contributed by atoms with Gasteiger partial charge < -0.3 is 5.32 Å². The van der Waals surface area contributed by atoms with E-state index >= 15 is 0 Å². The van der Waals surface area contributed by atoms with Crippen LogP contribution in [-0.4, -0.2) is 27.2 Å². The fourth-order valence-electron chi connectivity index (χ4n) is 1.88. The Morgan fingerprint density at radius 3 is 2.80 bits per heavy atom. The third-order valence-electron chi connectivity index (χ3n) is 3.22. The maximum atomic E-state index is 11.9. The number of rotatable bonds is 5. The van der Waals surface area contributed by atoms with Crippen LogP contribution in [0.1, 0.15) is 25.5 Å². The van der Waals surface area contributed by atoms with Gasteiger partial charge in [-0.05, 0) is 43.9 Å². The zero-order valence-electron chi connectivity index (χ0n) is 11.9. The molecule has 0 aliphatic carbocycles. The lowest BCUT2D eigenvalue weighted by molar-refractivity contribution is -0.120. The van der Waals surface area contributed by atoms with Gasteiger partial charge in [0.25, 0.3) is 0 Å². The fraction of sp³-hybridized carbons (Fsp3) is 0.333. The average molecular weight is 289 g/mol. The summed E-state index contributed by atoms with van der Waals surface area (Å²) in [5, 5.41) is 7.21. The van der Waals surface area contributed by atoms with Crippen molar-refractivity contribution >= 4 is 17.7 Å². The molecule has 0 aliphatic rings. The Morgan fingerprint density at radius 1 is 1.35 bits per heavy atom. The van der Waals surface area contributed by atoms with Crippen molar-refractivity contribution in [1.82, 2.24) is 15.1 Å². The first kappa shape index (κ1) is 14.7. The van der Waals surface area contributed by atoms with Crippen molar-refractivity contribution in [2.24, 2.45) is 0 Å². The van der Waals surface area contributed by atoms with Crippen molar-refractivity contribution in [3.63, 3.8) is 0 Å². The van der Waals surface area contributed by atoms with Crippen molar-refractivity contribution in [3.05, 3.63) is 48.3 Å². The summed E-state index contributed by atoms with van der Waals surface area (Å²) in [6.07, 6.45) is 5.59. The SMILES string of the molecule is CSC(C)C(=O)NC(C)c1cccc(-n2cccn2)c1. The topological polar surface area (TPSA) is 46.9 Å². The van der Waals surface area contributed by atoms with Crippen LogP contribution in [0.5, 0.6) is 0 Å². The molecule has 2 aromatic rings. The van der Waals surface area contributed by atoms with Gasteiger partial charge in [0.1, 0.15) is 0 Å². The Hall–Kier alpha value is -1.75. The number of hydrogen-bond donors (Lipinski definition) is 1. The number of nitrogens with zero attached hydrogens (tertiary/aromatic N) is 2. The van der Waals surface area contributed by atoms with Crippen molar-refractivity contribution < 1.29 is 4.79 Å². The lowest BCUT2D eigenvalue weighted by Gasteiger charge is -2.17. The van der Waals surface area contributed by atoms with Crippen molar-refractivity contribution in [1.29, 1.82) is 0 Å². The maximum Gasteiger partial charge on any atom is 0.233 e. The molecule has 2 atom stereocenters. The highest BCUT2D eigenvalue weighted by Gasteiger charge is 2.15. The molecule has 1 aromatic carbocycles. The zero-order valence-corrected chi connectivity index (χ0v) is 12.7. The van der Waals surface area contributed by atoms with Crippen LogP contribution in [0.3, 0.4) is 0 Å². The summed E-state index contributed by atoms with van der Waals surface area (Å²) in [6.45, 7) is 3.90. The van der Waals surface area contributed by atoms with Gasteiger partial charge in [0.2, 0.25) is 5.91 Å². The molecule has 1 aromatic heterocycles. The molecular formula is C15H19N3OS. The summed E-state index contributed by atoms with van der Waals surface area (Å²) >= 11 is 1.55. The second-order valence-electron chi connectivity index (χ2n) is 4.65. The number of hydrogen-bond acceptors (Lipinski definition) is 3. The van der Waals surface area contributed by atoms with E-state index in [2.05, 4.69) is 10.4 Å². The molecular weight excluding hydrogens is 270 g/mol. The van der Waals surface area contributed by atoms with Gasteiger partial charge in [-0.3, -0.25) is 4.79 Å². The van der Waals surface area contributed by atoms with Crippen molar-refractivity contribution in [2.75, 3.05) is 6.26 Å². The van der Waals surface area contributed by atoms with Crippen LogP contribution in [-0.2, 0) is 4.79 Å². The molecule has 0 radical (unpaired) electrons. The quantitative estimate of drug-likeness (QED) is 0.920. The second-order valence-corrected chi connectivity index (χ2v) is 5.83. The van der Waals surface area contributed by atoms with Gasteiger partial charge in [0.15, 0.2) is 0 Å². The molecule has 1 N–H and O–H groups in total. The standard InChI is InChI=1S/C15H19N3OS/c1-11(17-15(19)12(2)20-3)13-6-4-7-14(10-13)18-9-5-8-16-18/h4-12H,1-3H3,(H,17,19). The molecule has 2 unspecified atom stereocenters. The lowest BCUT2D eigenvalue weighted by atomic mass is 10.1. The highest BCUT2D eigenvalue weighted by molar-refractivity contribution is 7.99. The van der Waals surface area contributed by atoms with Crippen LogP contribution in [0.15, 0.2) is 42.7 Å². The highest BCUT2D eigenvalue weighted by Crippen LogP contribution is 2.17. The first-order valence-electron chi connectivity index (χ1n) is 6.55. The van der Waals surface area contributed by atoms with Crippen molar-refractivity contribution in [2.45, 2.75) is 25.1 Å². The van der Waals surface area contributed by atoms with E-state index in [9.17, 15) is 4.79 Å². The van der Waals surface area contributed by atoms with Crippen LogP contribution < -0.4 is 5.32 Å². The summed E-state index contributed by atoms with van der Waals surface area (Å²) in [6, 6.07) is 9.90. The van der Waals surface area contributed by atoms with Crippen LogP contribution in [0.25, 0.3) is 5.69 Å². The first-order chi connectivity index (χ1) is 9.61. The Labute approximate surface area is 123 Å². The minimum absolute atomic E-state index is 0.0207. The molecule has 0 aliphatic heterocycles.